The lowest BCUT2D eigenvalue weighted by molar-refractivity contribution is -0.128. The molecule has 0 aromatic heterocycles. The molecule has 7 heteroatoms. The predicted octanol–water partition coefficient (Wildman–Crippen LogP) is 2.47. The number of carbonyl (C=O) groups excluding carboxylic acids is 2. The number of thioether (sulfide) groups is 1. The standard InChI is InChI=1S/C18H20FN3O2S/c1-22(11-13-6-8-14(19)9-7-13)18(24)10-21-15-4-2-3-5-16(15)25-12-17(20)23/h2-9,21H,10-12H2,1H3,(H2,20,23). The molecule has 0 aliphatic carbocycles. The highest BCUT2D eigenvalue weighted by atomic mass is 32.2. The molecule has 0 heterocycles. The number of rotatable bonds is 8. The number of nitrogens with two attached hydrogens (primary N) is 1. The van der Waals surface area contributed by atoms with Crippen molar-refractivity contribution in [2.45, 2.75) is 11.4 Å². The van der Waals surface area contributed by atoms with Crippen molar-refractivity contribution in [1.29, 1.82) is 0 Å². The summed E-state index contributed by atoms with van der Waals surface area (Å²) >= 11 is 1.32. The first-order valence-electron chi connectivity index (χ1n) is 7.68. The Morgan fingerprint density at radius 2 is 1.84 bits per heavy atom. The van der Waals surface area contributed by atoms with E-state index in [0.29, 0.717) is 6.54 Å². The van der Waals surface area contributed by atoms with Gasteiger partial charge in [-0.25, -0.2) is 4.39 Å². The van der Waals surface area contributed by atoms with E-state index in [2.05, 4.69) is 5.32 Å². The Bertz CT molecular complexity index is 737. The van der Waals surface area contributed by atoms with Gasteiger partial charge in [0.2, 0.25) is 11.8 Å². The number of benzene rings is 2. The number of nitrogens with zero attached hydrogens (tertiary/aromatic N) is 1. The molecule has 132 valence electrons. The fraction of sp³-hybridized carbons (Fsp3) is 0.222. The number of likely N-dealkylation sites (N-methyl/N-ethyl adjacent to an activating group) is 1. The van der Waals surface area contributed by atoms with Gasteiger partial charge in [0.05, 0.1) is 12.3 Å². The lowest BCUT2D eigenvalue weighted by atomic mass is 10.2. The maximum Gasteiger partial charge on any atom is 0.241 e. The van der Waals surface area contributed by atoms with Crippen LogP contribution < -0.4 is 11.1 Å². The Labute approximate surface area is 150 Å². The van der Waals surface area contributed by atoms with Gasteiger partial charge in [0.15, 0.2) is 0 Å². The molecule has 25 heavy (non-hydrogen) atoms. The molecule has 0 fully saturated rings. The first-order chi connectivity index (χ1) is 12.0. The summed E-state index contributed by atoms with van der Waals surface area (Å²) in [5.74, 6) is -0.615. The highest BCUT2D eigenvalue weighted by Gasteiger charge is 2.11. The zero-order chi connectivity index (χ0) is 18.2. The van der Waals surface area contributed by atoms with Crippen LogP contribution in [0.25, 0.3) is 0 Å². The van der Waals surface area contributed by atoms with E-state index in [9.17, 15) is 14.0 Å². The summed E-state index contributed by atoms with van der Waals surface area (Å²) in [5.41, 5.74) is 6.80. The fourth-order valence-electron chi connectivity index (χ4n) is 2.15. The number of amides is 2. The lowest BCUT2D eigenvalue weighted by Gasteiger charge is -2.18. The SMILES string of the molecule is CN(Cc1ccc(F)cc1)C(=O)CNc1ccccc1SCC(N)=O. The van der Waals surface area contributed by atoms with Crippen molar-refractivity contribution >= 4 is 29.3 Å². The van der Waals surface area contributed by atoms with Crippen LogP contribution in [0.1, 0.15) is 5.56 Å². The molecule has 2 aromatic rings. The third kappa shape index (κ3) is 6.11. The van der Waals surface area contributed by atoms with E-state index in [-0.39, 0.29) is 24.0 Å². The van der Waals surface area contributed by atoms with Crippen LogP contribution in [-0.2, 0) is 16.1 Å². The lowest BCUT2D eigenvalue weighted by Crippen LogP contribution is -2.31. The van der Waals surface area contributed by atoms with Gasteiger partial charge >= 0.3 is 0 Å². The summed E-state index contributed by atoms with van der Waals surface area (Å²) in [6.07, 6.45) is 0. The van der Waals surface area contributed by atoms with Gasteiger partial charge in [-0.1, -0.05) is 24.3 Å². The molecule has 0 aliphatic heterocycles. The second-order valence-corrected chi connectivity index (χ2v) is 6.50. The van der Waals surface area contributed by atoms with Crippen molar-refractivity contribution in [1.82, 2.24) is 4.90 Å². The summed E-state index contributed by atoms with van der Waals surface area (Å²) in [6.45, 7) is 0.519. The Hall–Kier alpha value is -2.54. The molecule has 5 nitrogen and oxygen atoms in total. The molecular formula is C18H20FN3O2S. The molecule has 0 saturated carbocycles. The summed E-state index contributed by atoms with van der Waals surface area (Å²) in [7, 11) is 1.70. The molecule has 2 rings (SSSR count). The van der Waals surface area contributed by atoms with Gasteiger partial charge in [-0.05, 0) is 29.8 Å². The minimum Gasteiger partial charge on any atom is -0.375 e. The molecular weight excluding hydrogens is 341 g/mol. The number of hydrogen-bond acceptors (Lipinski definition) is 4. The van der Waals surface area contributed by atoms with Crippen LogP contribution in [0.15, 0.2) is 53.4 Å². The molecule has 0 bridgehead atoms. The molecule has 0 radical (unpaired) electrons. The van der Waals surface area contributed by atoms with Crippen molar-refractivity contribution in [2.75, 3.05) is 24.7 Å². The second kappa shape index (κ2) is 9.08. The van der Waals surface area contributed by atoms with E-state index < -0.39 is 5.91 Å². The number of carbonyl (C=O) groups is 2. The minimum absolute atomic E-state index is 0.0981. The van der Waals surface area contributed by atoms with Crippen molar-refractivity contribution in [3.8, 4) is 0 Å². The Balaban J connectivity index is 1.90. The smallest absolute Gasteiger partial charge is 0.241 e. The Morgan fingerprint density at radius 1 is 1.16 bits per heavy atom. The third-order valence-corrected chi connectivity index (χ3v) is 4.54. The van der Waals surface area contributed by atoms with E-state index in [1.54, 1.807) is 24.1 Å². The van der Waals surface area contributed by atoms with Crippen molar-refractivity contribution in [3.05, 3.63) is 59.9 Å². The maximum atomic E-state index is 12.9. The van der Waals surface area contributed by atoms with Crippen LogP contribution in [0.3, 0.4) is 0 Å². The average molecular weight is 361 g/mol. The molecule has 3 N–H and O–H groups in total. The van der Waals surface area contributed by atoms with E-state index >= 15 is 0 Å². The van der Waals surface area contributed by atoms with Gasteiger partial charge in [0, 0.05) is 24.2 Å². The topological polar surface area (TPSA) is 75.4 Å². The predicted molar refractivity (Wildman–Crippen MR) is 97.7 cm³/mol. The van der Waals surface area contributed by atoms with E-state index in [1.165, 1.54) is 23.9 Å². The second-order valence-electron chi connectivity index (χ2n) is 5.48. The zero-order valence-corrected chi connectivity index (χ0v) is 14.7. The van der Waals surface area contributed by atoms with Crippen LogP contribution in [0.2, 0.25) is 0 Å². The number of hydrogen-bond donors (Lipinski definition) is 2. The van der Waals surface area contributed by atoms with Crippen LogP contribution >= 0.6 is 11.8 Å². The molecule has 0 saturated heterocycles. The average Bonchev–Trinajstić information content (AvgIpc) is 2.60. The third-order valence-electron chi connectivity index (χ3n) is 3.45. The van der Waals surface area contributed by atoms with Gasteiger partial charge in [-0.15, -0.1) is 11.8 Å². The van der Waals surface area contributed by atoms with Crippen LogP contribution in [0.4, 0.5) is 10.1 Å². The summed E-state index contributed by atoms with van der Waals surface area (Å²) in [4.78, 5) is 25.6. The van der Waals surface area contributed by atoms with Gasteiger partial charge < -0.3 is 16.0 Å². The summed E-state index contributed by atoms with van der Waals surface area (Å²) in [6, 6.07) is 13.5. The Morgan fingerprint density at radius 3 is 2.52 bits per heavy atom. The largest absolute Gasteiger partial charge is 0.375 e. The number of primary amides is 1. The van der Waals surface area contributed by atoms with Crippen molar-refractivity contribution in [2.24, 2.45) is 5.73 Å². The number of halogens is 1. The monoisotopic (exact) mass is 361 g/mol. The molecule has 2 amide bonds. The number of anilines is 1. The van der Waals surface area contributed by atoms with Gasteiger partial charge in [-0.3, -0.25) is 9.59 Å². The van der Waals surface area contributed by atoms with E-state index in [4.69, 9.17) is 5.73 Å². The highest BCUT2D eigenvalue weighted by Crippen LogP contribution is 2.26. The summed E-state index contributed by atoms with van der Waals surface area (Å²) < 4.78 is 12.9. The van der Waals surface area contributed by atoms with E-state index in [1.807, 2.05) is 24.3 Å². The molecule has 2 aromatic carbocycles. The first kappa shape index (κ1) is 18.8. The summed E-state index contributed by atoms with van der Waals surface area (Å²) in [5, 5.41) is 3.09. The first-order valence-corrected chi connectivity index (χ1v) is 8.66. The van der Waals surface area contributed by atoms with Gasteiger partial charge in [0.1, 0.15) is 5.82 Å². The quantitative estimate of drug-likeness (QED) is 0.709. The minimum atomic E-state index is -0.394. The van der Waals surface area contributed by atoms with Crippen LogP contribution in [-0.4, -0.2) is 36.1 Å². The molecule has 0 atom stereocenters. The van der Waals surface area contributed by atoms with Crippen molar-refractivity contribution < 1.29 is 14.0 Å². The normalized spacial score (nSPS) is 10.3. The molecule has 0 spiro atoms. The number of para-hydroxylation sites is 1. The highest BCUT2D eigenvalue weighted by molar-refractivity contribution is 8.00. The maximum absolute atomic E-state index is 12.9. The number of nitrogens with one attached hydrogen (secondary N) is 1. The fourth-order valence-corrected chi connectivity index (χ4v) is 2.91. The Kier molecular flexibility index (Phi) is 6.82. The van der Waals surface area contributed by atoms with Crippen LogP contribution in [0.5, 0.6) is 0 Å². The van der Waals surface area contributed by atoms with Gasteiger partial charge in [-0.2, -0.15) is 0 Å². The van der Waals surface area contributed by atoms with Gasteiger partial charge in [0.25, 0.3) is 0 Å². The molecule has 0 unspecified atom stereocenters. The molecule has 0 aliphatic rings. The van der Waals surface area contributed by atoms with Crippen molar-refractivity contribution in [3.63, 3.8) is 0 Å². The zero-order valence-electron chi connectivity index (χ0n) is 13.9. The van der Waals surface area contributed by atoms with E-state index in [0.717, 1.165) is 16.1 Å². The van der Waals surface area contributed by atoms with Crippen LogP contribution in [0, 0.1) is 5.82 Å².